The summed E-state index contributed by atoms with van der Waals surface area (Å²) in [6, 6.07) is 19.2. The Labute approximate surface area is 216 Å². The van der Waals surface area contributed by atoms with Crippen LogP contribution in [0.1, 0.15) is 23.6 Å². The van der Waals surface area contributed by atoms with Gasteiger partial charge in [0.05, 0.1) is 44.5 Å². The van der Waals surface area contributed by atoms with Crippen molar-refractivity contribution in [1.82, 2.24) is 0 Å². The maximum absolute atomic E-state index is 4.76. The van der Waals surface area contributed by atoms with Gasteiger partial charge in [0.25, 0.3) is 0 Å². The van der Waals surface area contributed by atoms with Crippen molar-refractivity contribution in [3.63, 3.8) is 0 Å². The summed E-state index contributed by atoms with van der Waals surface area (Å²) in [6.45, 7) is 4.00. The van der Waals surface area contributed by atoms with Crippen LogP contribution in [-0.4, -0.2) is 21.7 Å². The first-order valence-electron chi connectivity index (χ1n) is 8.93. The van der Waals surface area contributed by atoms with Gasteiger partial charge in [-0.2, -0.15) is 9.98 Å². The molecule has 3 rings (SSSR count). The molecule has 0 N–H and O–H groups in total. The number of hydrogen-bond donors (Lipinski definition) is 0. The topological polar surface area (TPSA) is 49.4 Å². The Hall–Kier alpha value is -1.82. The zero-order valence-corrected chi connectivity index (χ0v) is 22.0. The predicted molar refractivity (Wildman–Crippen MR) is 142 cm³/mol. The summed E-state index contributed by atoms with van der Waals surface area (Å²) in [5, 5.41) is 4.72. The van der Waals surface area contributed by atoms with Crippen molar-refractivity contribution in [3.05, 3.63) is 70.4 Å². The molecule has 0 spiro atoms. The van der Waals surface area contributed by atoms with E-state index in [-0.39, 0.29) is 13.1 Å². The molecule has 0 atom stereocenters. The monoisotopic (exact) mass is 558 g/mol. The van der Waals surface area contributed by atoms with Gasteiger partial charge in [-0.1, -0.05) is 0 Å². The summed E-state index contributed by atoms with van der Waals surface area (Å²) in [7, 11) is 9.53. The molecule has 2 aromatic carbocycles. The molecular formula is C22H16Cl2FeN4S3. The van der Waals surface area contributed by atoms with Crippen LogP contribution < -0.4 is 0 Å². The number of nitrogens with zero attached hydrogens (tertiary/aromatic N) is 4. The average Bonchev–Trinajstić information content (AvgIpc) is 3.28. The van der Waals surface area contributed by atoms with Gasteiger partial charge in [-0.15, -0.1) is 11.3 Å². The second kappa shape index (κ2) is 14.4. The fourth-order valence-corrected chi connectivity index (χ4v) is 3.64. The third-order valence-electron chi connectivity index (χ3n) is 3.96. The van der Waals surface area contributed by atoms with Crippen LogP contribution in [0.5, 0.6) is 0 Å². The molecule has 0 saturated heterocycles. The van der Waals surface area contributed by atoms with Crippen molar-refractivity contribution in [2.75, 3.05) is 0 Å². The van der Waals surface area contributed by atoms with Crippen molar-refractivity contribution in [2.45, 2.75) is 13.8 Å². The molecule has 3 aromatic rings. The van der Waals surface area contributed by atoms with Crippen molar-refractivity contribution < 1.29 is 13.1 Å². The van der Waals surface area contributed by atoms with Gasteiger partial charge in [0.1, 0.15) is 0 Å². The summed E-state index contributed by atoms with van der Waals surface area (Å²) >= 11 is 11.1. The van der Waals surface area contributed by atoms with Crippen molar-refractivity contribution in [1.29, 1.82) is 0 Å². The SMILES string of the molecule is CC(=Nc1ccc(N=C=S)cc1)c1ccc(C(C)=Nc2ccc(N=C=S)cc2)s1.[Cl][Fe][Cl]. The fourth-order valence-electron chi connectivity index (χ4n) is 2.53. The second-order valence-electron chi connectivity index (χ2n) is 6.05. The van der Waals surface area contributed by atoms with E-state index in [0.717, 1.165) is 43.9 Å². The summed E-state index contributed by atoms with van der Waals surface area (Å²) < 4.78 is 0. The molecular weight excluding hydrogens is 543 g/mol. The number of thiocarbonyl (C=S) groups is 2. The first-order chi connectivity index (χ1) is 15.5. The summed E-state index contributed by atoms with van der Waals surface area (Å²) in [5.41, 5.74) is 5.16. The minimum atomic E-state index is 0.194. The molecule has 0 saturated carbocycles. The van der Waals surface area contributed by atoms with E-state index in [1.165, 1.54) is 0 Å². The Morgan fingerprint density at radius 3 is 1.31 bits per heavy atom. The summed E-state index contributed by atoms with van der Waals surface area (Å²) in [5.74, 6) is 0. The van der Waals surface area contributed by atoms with Gasteiger partial charge in [-0.25, -0.2) is 0 Å². The molecule has 0 bridgehead atoms. The first kappa shape index (κ1) is 26.4. The van der Waals surface area contributed by atoms with Gasteiger partial charge < -0.3 is 0 Å². The molecule has 0 fully saturated rings. The van der Waals surface area contributed by atoms with Crippen LogP contribution in [0, 0.1) is 0 Å². The first-order valence-corrected chi connectivity index (χ1v) is 13.6. The molecule has 32 heavy (non-hydrogen) atoms. The van der Waals surface area contributed by atoms with Crippen molar-refractivity contribution in [2.24, 2.45) is 20.0 Å². The Balaban J connectivity index is 0.00000114. The van der Waals surface area contributed by atoms with Gasteiger partial charge in [0.15, 0.2) is 0 Å². The standard InChI is InChI=1S/C22H16N4S3.2ClH.Fe/c1-15(25-19-7-3-17(4-8-19)23-13-27)21-11-12-22(29-21)16(2)26-20-9-5-18(6-10-20)24-14-28;;;/h3-12H,1-2H3;2*1H;/q;;;+2/p-2. The van der Waals surface area contributed by atoms with Crippen LogP contribution in [0.3, 0.4) is 0 Å². The van der Waals surface area contributed by atoms with Crippen LogP contribution in [0.4, 0.5) is 22.7 Å². The second-order valence-corrected chi connectivity index (χ2v) is 9.32. The van der Waals surface area contributed by atoms with Gasteiger partial charge in [-0.05, 0) is 98.9 Å². The number of aliphatic imine (C=N–C) groups is 4. The zero-order valence-electron chi connectivity index (χ0n) is 16.9. The number of hydrogen-bond acceptors (Lipinski definition) is 7. The quantitative estimate of drug-likeness (QED) is 0.172. The van der Waals surface area contributed by atoms with E-state index in [4.69, 9.17) is 20.2 Å². The molecule has 0 unspecified atom stereocenters. The molecule has 0 aliphatic carbocycles. The van der Waals surface area contributed by atoms with E-state index >= 15 is 0 Å². The van der Waals surface area contributed by atoms with E-state index in [1.807, 2.05) is 62.4 Å². The van der Waals surface area contributed by atoms with Crippen LogP contribution in [-0.2, 0) is 13.1 Å². The fraction of sp³-hybridized carbons (Fsp3) is 0.0909. The van der Waals surface area contributed by atoms with Crippen LogP contribution >= 0.6 is 56.0 Å². The Morgan fingerprint density at radius 1 is 0.688 bits per heavy atom. The molecule has 0 radical (unpaired) electrons. The molecule has 1 aromatic heterocycles. The van der Waals surface area contributed by atoms with E-state index in [9.17, 15) is 0 Å². The van der Waals surface area contributed by atoms with E-state index in [0.29, 0.717) is 0 Å². The molecule has 10 heteroatoms. The normalized spacial score (nSPS) is 11.1. The molecule has 0 amide bonds. The van der Waals surface area contributed by atoms with Crippen molar-refractivity contribution in [3.8, 4) is 0 Å². The van der Waals surface area contributed by atoms with Crippen LogP contribution in [0.15, 0.2) is 80.6 Å². The molecule has 0 aliphatic rings. The van der Waals surface area contributed by atoms with Gasteiger partial charge in [-0.3, -0.25) is 9.98 Å². The average molecular weight is 559 g/mol. The summed E-state index contributed by atoms with van der Waals surface area (Å²) in [6.07, 6.45) is 0. The maximum atomic E-state index is 4.76. The third-order valence-corrected chi connectivity index (χ3v) is 5.45. The number of halogens is 2. The molecule has 4 nitrogen and oxygen atoms in total. The van der Waals surface area contributed by atoms with E-state index < -0.39 is 0 Å². The van der Waals surface area contributed by atoms with Gasteiger partial charge in [0, 0.05) is 9.75 Å². The minimum absolute atomic E-state index is 0.194. The Morgan fingerprint density at radius 2 is 1.00 bits per heavy atom. The zero-order chi connectivity index (χ0) is 23.3. The molecule has 0 aliphatic heterocycles. The van der Waals surface area contributed by atoms with Crippen LogP contribution in [0.25, 0.3) is 0 Å². The van der Waals surface area contributed by atoms with E-state index in [1.54, 1.807) is 11.3 Å². The number of benzene rings is 2. The molecule has 1 heterocycles. The summed E-state index contributed by atoms with van der Waals surface area (Å²) in [4.78, 5) is 19.5. The number of isothiocyanates is 2. The van der Waals surface area contributed by atoms with Crippen LogP contribution in [0.2, 0.25) is 0 Å². The Kier molecular flexibility index (Phi) is 11.9. The third kappa shape index (κ3) is 8.61. The Bertz CT molecular complexity index is 1100. The van der Waals surface area contributed by atoms with Crippen molar-refractivity contribution >= 4 is 100 Å². The number of thiophene rings is 1. The van der Waals surface area contributed by atoms with E-state index in [2.05, 4.69) is 66.9 Å². The van der Waals surface area contributed by atoms with Gasteiger partial charge >= 0.3 is 33.3 Å². The number of rotatable bonds is 6. The molecule has 164 valence electrons. The predicted octanol–water partition coefficient (Wildman–Crippen LogP) is 8.87. The van der Waals surface area contributed by atoms with Gasteiger partial charge in [0.2, 0.25) is 0 Å².